The Morgan fingerprint density at radius 1 is 1.25 bits per heavy atom. The van der Waals surface area contributed by atoms with Crippen LogP contribution in [0.2, 0.25) is 0 Å². The highest BCUT2D eigenvalue weighted by atomic mass is 32.1. The van der Waals surface area contributed by atoms with Crippen LogP contribution in [-0.2, 0) is 6.42 Å². The van der Waals surface area contributed by atoms with Crippen molar-refractivity contribution in [1.82, 2.24) is 4.98 Å². The third kappa shape index (κ3) is 2.12. The van der Waals surface area contributed by atoms with Crippen LogP contribution in [0.5, 0.6) is 0 Å². The van der Waals surface area contributed by atoms with E-state index in [2.05, 4.69) is 42.2 Å². The summed E-state index contributed by atoms with van der Waals surface area (Å²) in [4.78, 5) is 5.67. The Hall–Kier alpha value is -1.66. The summed E-state index contributed by atoms with van der Waals surface area (Å²) in [5.41, 5.74) is 3.38. The topological polar surface area (TPSA) is 36.7 Å². The minimum absolute atomic E-state index is 0.400. The molecule has 0 unspecified atom stereocenters. The molecule has 1 heterocycles. The van der Waals surface area contributed by atoms with E-state index < -0.39 is 0 Å². The molecule has 0 aliphatic heterocycles. The van der Waals surface area contributed by atoms with Crippen molar-refractivity contribution < 1.29 is 0 Å². The SMILES string of the molecule is Cc1ccc(-c2nc(CC#N)sc2C)cc1. The van der Waals surface area contributed by atoms with Gasteiger partial charge in [0.05, 0.1) is 18.2 Å². The van der Waals surface area contributed by atoms with Crippen molar-refractivity contribution in [3.05, 3.63) is 39.7 Å². The van der Waals surface area contributed by atoms with Crippen LogP contribution >= 0.6 is 11.3 Å². The van der Waals surface area contributed by atoms with Crippen LogP contribution < -0.4 is 0 Å². The predicted molar refractivity (Wildman–Crippen MR) is 66.3 cm³/mol. The van der Waals surface area contributed by atoms with E-state index in [-0.39, 0.29) is 0 Å². The van der Waals surface area contributed by atoms with E-state index in [1.807, 2.05) is 6.92 Å². The fourth-order valence-corrected chi connectivity index (χ4v) is 2.46. The second-order valence-electron chi connectivity index (χ2n) is 3.71. The molecule has 0 bridgehead atoms. The van der Waals surface area contributed by atoms with Crippen molar-refractivity contribution >= 4 is 11.3 Å². The zero-order valence-electron chi connectivity index (χ0n) is 9.32. The molecule has 0 atom stereocenters. The highest BCUT2D eigenvalue weighted by Gasteiger charge is 2.08. The normalized spacial score (nSPS) is 10.1. The molecule has 80 valence electrons. The maximum Gasteiger partial charge on any atom is 0.108 e. The van der Waals surface area contributed by atoms with E-state index in [1.165, 1.54) is 10.4 Å². The van der Waals surface area contributed by atoms with Crippen molar-refractivity contribution in [3.8, 4) is 17.3 Å². The van der Waals surface area contributed by atoms with Gasteiger partial charge in [-0.1, -0.05) is 29.8 Å². The monoisotopic (exact) mass is 228 g/mol. The molecule has 2 aromatic rings. The first kappa shape index (κ1) is 10.8. The molecule has 1 aromatic heterocycles. The Morgan fingerprint density at radius 2 is 1.94 bits per heavy atom. The largest absolute Gasteiger partial charge is 0.240 e. The van der Waals surface area contributed by atoms with E-state index in [0.29, 0.717) is 6.42 Å². The van der Waals surface area contributed by atoms with Gasteiger partial charge in [-0.15, -0.1) is 11.3 Å². The number of nitrogens with zero attached hydrogens (tertiary/aromatic N) is 2. The van der Waals surface area contributed by atoms with E-state index in [9.17, 15) is 0 Å². The standard InChI is InChI=1S/C13H12N2S/c1-9-3-5-11(6-4-9)13-10(2)16-12(15-13)7-8-14/h3-6H,7H2,1-2H3. The number of hydrogen-bond acceptors (Lipinski definition) is 3. The minimum atomic E-state index is 0.400. The van der Waals surface area contributed by atoms with Gasteiger partial charge in [0.15, 0.2) is 0 Å². The molecule has 0 amide bonds. The van der Waals surface area contributed by atoms with E-state index in [1.54, 1.807) is 11.3 Å². The van der Waals surface area contributed by atoms with Gasteiger partial charge in [0.1, 0.15) is 5.01 Å². The highest BCUT2D eigenvalue weighted by Crippen LogP contribution is 2.27. The lowest BCUT2D eigenvalue weighted by Crippen LogP contribution is -1.83. The summed E-state index contributed by atoms with van der Waals surface area (Å²) < 4.78 is 0. The number of aromatic nitrogens is 1. The average Bonchev–Trinajstić information content (AvgIpc) is 2.61. The molecule has 1 aromatic carbocycles. The van der Waals surface area contributed by atoms with Crippen molar-refractivity contribution in [2.45, 2.75) is 20.3 Å². The van der Waals surface area contributed by atoms with Gasteiger partial charge in [0.25, 0.3) is 0 Å². The number of hydrogen-bond donors (Lipinski definition) is 0. The molecule has 0 radical (unpaired) electrons. The first-order valence-electron chi connectivity index (χ1n) is 5.11. The molecule has 0 spiro atoms. The molecule has 0 aliphatic rings. The van der Waals surface area contributed by atoms with Crippen LogP contribution in [0.3, 0.4) is 0 Å². The first-order valence-corrected chi connectivity index (χ1v) is 5.92. The van der Waals surface area contributed by atoms with Gasteiger partial charge in [-0.3, -0.25) is 0 Å². The fraction of sp³-hybridized carbons (Fsp3) is 0.231. The molecule has 0 saturated heterocycles. The van der Waals surface area contributed by atoms with Gasteiger partial charge in [0, 0.05) is 10.4 Å². The molecule has 0 saturated carbocycles. The van der Waals surface area contributed by atoms with Crippen molar-refractivity contribution in [2.75, 3.05) is 0 Å². The lowest BCUT2D eigenvalue weighted by atomic mass is 10.1. The predicted octanol–water partition coefficient (Wildman–Crippen LogP) is 3.49. The summed E-state index contributed by atoms with van der Waals surface area (Å²) in [6.45, 7) is 4.12. The van der Waals surface area contributed by atoms with Gasteiger partial charge >= 0.3 is 0 Å². The van der Waals surface area contributed by atoms with Gasteiger partial charge in [-0.05, 0) is 13.8 Å². The van der Waals surface area contributed by atoms with Crippen molar-refractivity contribution in [1.29, 1.82) is 5.26 Å². The summed E-state index contributed by atoms with van der Waals surface area (Å²) in [7, 11) is 0. The first-order chi connectivity index (χ1) is 7.70. The zero-order chi connectivity index (χ0) is 11.5. The Bertz CT molecular complexity index is 532. The zero-order valence-corrected chi connectivity index (χ0v) is 10.1. The Labute approximate surface area is 99.2 Å². The second kappa shape index (κ2) is 4.46. The minimum Gasteiger partial charge on any atom is -0.240 e. The number of thiazole rings is 1. The number of rotatable bonds is 2. The Kier molecular flexibility index (Phi) is 3.02. The third-order valence-corrected chi connectivity index (χ3v) is 3.37. The molecular weight excluding hydrogens is 216 g/mol. The van der Waals surface area contributed by atoms with Crippen molar-refractivity contribution in [3.63, 3.8) is 0 Å². The molecule has 0 fully saturated rings. The molecule has 2 nitrogen and oxygen atoms in total. The molecule has 0 aliphatic carbocycles. The summed E-state index contributed by atoms with van der Waals surface area (Å²) in [5.74, 6) is 0. The maximum absolute atomic E-state index is 8.64. The summed E-state index contributed by atoms with van der Waals surface area (Å²) >= 11 is 1.60. The van der Waals surface area contributed by atoms with E-state index >= 15 is 0 Å². The number of aryl methyl sites for hydroxylation is 2. The lowest BCUT2D eigenvalue weighted by molar-refractivity contribution is 1.19. The van der Waals surface area contributed by atoms with Crippen LogP contribution in [0.1, 0.15) is 15.4 Å². The molecule has 3 heteroatoms. The Balaban J connectivity index is 2.40. The smallest absolute Gasteiger partial charge is 0.108 e. The number of nitriles is 1. The second-order valence-corrected chi connectivity index (χ2v) is 5.00. The van der Waals surface area contributed by atoms with Crippen molar-refractivity contribution in [2.24, 2.45) is 0 Å². The molecular formula is C13H12N2S. The highest BCUT2D eigenvalue weighted by molar-refractivity contribution is 7.12. The summed E-state index contributed by atoms with van der Waals surface area (Å²) in [6, 6.07) is 10.4. The van der Waals surface area contributed by atoms with Crippen LogP contribution in [0.15, 0.2) is 24.3 Å². The molecule has 16 heavy (non-hydrogen) atoms. The van der Waals surface area contributed by atoms with E-state index in [4.69, 9.17) is 5.26 Å². The van der Waals surface area contributed by atoms with E-state index in [0.717, 1.165) is 16.3 Å². The molecule has 2 rings (SSSR count). The van der Waals surface area contributed by atoms with Crippen LogP contribution in [-0.4, -0.2) is 4.98 Å². The van der Waals surface area contributed by atoms with Gasteiger partial charge in [-0.25, -0.2) is 4.98 Å². The van der Waals surface area contributed by atoms with Gasteiger partial charge in [0.2, 0.25) is 0 Å². The van der Waals surface area contributed by atoms with Gasteiger partial charge < -0.3 is 0 Å². The average molecular weight is 228 g/mol. The summed E-state index contributed by atoms with van der Waals surface area (Å²) in [5, 5.41) is 9.54. The van der Waals surface area contributed by atoms with Gasteiger partial charge in [-0.2, -0.15) is 5.26 Å². The third-order valence-electron chi connectivity index (χ3n) is 2.40. The van der Waals surface area contributed by atoms with Crippen LogP contribution in [0.25, 0.3) is 11.3 Å². The van der Waals surface area contributed by atoms with Crippen LogP contribution in [0.4, 0.5) is 0 Å². The Morgan fingerprint density at radius 3 is 2.56 bits per heavy atom. The lowest BCUT2D eigenvalue weighted by Gasteiger charge is -1.98. The summed E-state index contributed by atoms with van der Waals surface area (Å²) in [6.07, 6.45) is 0.400. The quantitative estimate of drug-likeness (QED) is 0.788. The maximum atomic E-state index is 8.64. The molecule has 0 N–H and O–H groups in total. The fourth-order valence-electron chi connectivity index (χ4n) is 1.57. The number of benzene rings is 1. The van der Waals surface area contributed by atoms with Crippen LogP contribution in [0, 0.1) is 25.2 Å².